The molecule has 2 nitrogen and oxygen atoms in total. The fraction of sp³-hybridized carbons (Fsp3) is 0.952. The summed E-state index contributed by atoms with van der Waals surface area (Å²) in [5, 5.41) is 3.65. The molecule has 0 spiro atoms. The van der Waals surface area contributed by atoms with Crippen molar-refractivity contribution < 1.29 is 4.79 Å². The fourth-order valence-electron chi connectivity index (χ4n) is 3.81. The van der Waals surface area contributed by atoms with Crippen molar-refractivity contribution in [2.24, 2.45) is 0 Å². The van der Waals surface area contributed by atoms with E-state index in [1.54, 1.807) is 0 Å². The molecule has 0 radical (unpaired) electrons. The normalized spacial score (nSPS) is 22.0. The summed E-state index contributed by atoms with van der Waals surface area (Å²) in [6, 6.07) is 0.400. The van der Waals surface area contributed by atoms with Crippen molar-refractivity contribution >= 4 is 21.8 Å². The average Bonchev–Trinajstić information content (AvgIpc) is 2.59. The number of alkyl halides is 1. The van der Waals surface area contributed by atoms with E-state index in [0.717, 1.165) is 0 Å². The lowest BCUT2D eigenvalue weighted by Gasteiger charge is -2.18. The largest absolute Gasteiger partial charge is 0.353 e. The lowest BCUT2D eigenvalue weighted by atomic mass is 10.00. The molecule has 1 aliphatic rings. The van der Waals surface area contributed by atoms with Gasteiger partial charge in [0.1, 0.15) is 0 Å². The van der Waals surface area contributed by atoms with Gasteiger partial charge >= 0.3 is 0 Å². The van der Waals surface area contributed by atoms with Crippen molar-refractivity contribution in [1.29, 1.82) is 0 Å². The second-order valence-electron chi connectivity index (χ2n) is 7.63. The Balaban J connectivity index is 2.28. The molecule has 1 rings (SSSR count). The Morgan fingerprint density at radius 1 is 0.625 bits per heavy atom. The number of rotatable bonds is 2. The van der Waals surface area contributed by atoms with Gasteiger partial charge in [-0.25, -0.2) is 0 Å². The van der Waals surface area contributed by atoms with Gasteiger partial charge < -0.3 is 5.32 Å². The molecule has 1 aliphatic carbocycles. The number of halogens is 1. The molecule has 0 aromatic heterocycles. The van der Waals surface area contributed by atoms with Crippen LogP contribution < -0.4 is 5.32 Å². The van der Waals surface area contributed by atoms with Crippen LogP contribution in [-0.4, -0.2) is 17.3 Å². The Hall–Kier alpha value is -0.0500. The number of hydrogen-bond donors (Lipinski definition) is 1. The summed E-state index contributed by atoms with van der Waals surface area (Å²) >= 11 is 3.27. The van der Waals surface area contributed by atoms with Gasteiger partial charge in [-0.2, -0.15) is 0 Å². The number of carbonyl (C=O) groups is 1. The highest BCUT2D eigenvalue weighted by molar-refractivity contribution is 9.09. The zero-order chi connectivity index (χ0) is 17.3. The molecule has 1 amide bonds. The van der Waals surface area contributed by atoms with Crippen molar-refractivity contribution in [3.8, 4) is 0 Å². The van der Waals surface area contributed by atoms with Gasteiger partial charge in [0.2, 0.25) is 5.91 Å². The van der Waals surface area contributed by atoms with Crippen molar-refractivity contribution in [2.75, 3.05) is 5.33 Å². The van der Waals surface area contributed by atoms with Crippen LogP contribution in [0.1, 0.15) is 116 Å². The molecule has 0 aromatic carbocycles. The Morgan fingerprint density at radius 2 is 0.917 bits per heavy atom. The van der Waals surface area contributed by atoms with Crippen molar-refractivity contribution in [3.63, 3.8) is 0 Å². The summed E-state index contributed by atoms with van der Waals surface area (Å²) in [5.74, 6) is 0.151. The van der Waals surface area contributed by atoms with E-state index in [-0.39, 0.29) is 5.91 Å². The minimum atomic E-state index is 0.151. The van der Waals surface area contributed by atoms with Gasteiger partial charge in [-0.15, -0.1) is 0 Å². The third-order valence-corrected chi connectivity index (χ3v) is 5.85. The van der Waals surface area contributed by atoms with Crippen LogP contribution in [0.2, 0.25) is 0 Å². The molecule has 0 heterocycles. The maximum atomic E-state index is 11.7. The van der Waals surface area contributed by atoms with Crippen LogP contribution in [-0.2, 0) is 4.79 Å². The van der Waals surface area contributed by atoms with Gasteiger partial charge in [-0.05, 0) is 12.8 Å². The summed E-state index contributed by atoms with van der Waals surface area (Å²) in [6.45, 7) is 0. The predicted octanol–water partition coefficient (Wildman–Crippen LogP) is 6.90. The molecule has 1 saturated carbocycles. The maximum absolute atomic E-state index is 11.7. The van der Waals surface area contributed by atoms with E-state index >= 15 is 0 Å². The van der Waals surface area contributed by atoms with E-state index in [4.69, 9.17) is 0 Å². The van der Waals surface area contributed by atoms with Gasteiger partial charge in [0, 0.05) is 6.04 Å². The number of nitrogens with one attached hydrogen (secondary N) is 1. The molecule has 142 valence electrons. The van der Waals surface area contributed by atoms with Crippen LogP contribution in [0.15, 0.2) is 0 Å². The topological polar surface area (TPSA) is 29.1 Å². The summed E-state index contributed by atoms with van der Waals surface area (Å²) in [4.78, 5) is 11.7. The second-order valence-corrected chi connectivity index (χ2v) is 8.19. The molecule has 0 saturated heterocycles. The first-order valence-electron chi connectivity index (χ1n) is 10.7. The molecule has 3 heteroatoms. The molecule has 0 aliphatic heterocycles. The zero-order valence-electron chi connectivity index (χ0n) is 15.8. The molecule has 1 N–H and O–H groups in total. The molecule has 1 fully saturated rings. The smallest absolute Gasteiger partial charge is 0.230 e. The van der Waals surface area contributed by atoms with E-state index in [9.17, 15) is 4.79 Å². The third kappa shape index (κ3) is 13.3. The third-order valence-electron chi connectivity index (χ3n) is 5.34. The monoisotopic (exact) mass is 401 g/mol. The first-order valence-corrected chi connectivity index (χ1v) is 11.8. The summed E-state index contributed by atoms with van der Waals surface area (Å²) in [6.07, 6.45) is 24.6. The van der Waals surface area contributed by atoms with E-state index in [2.05, 4.69) is 21.2 Å². The van der Waals surface area contributed by atoms with E-state index < -0.39 is 0 Å². The second kappa shape index (κ2) is 16.4. The zero-order valence-corrected chi connectivity index (χ0v) is 17.4. The standard InChI is InChI=1S/C21H40BrNO/c22-19-21(24)23-20-17-15-13-11-9-7-5-3-1-2-4-6-8-10-12-14-16-18-20/h20H,1-19H2,(H,23,24). The Labute approximate surface area is 159 Å². The quantitative estimate of drug-likeness (QED) is 0.500. The van der Waals surface area contributed by atoms with E-state index in [0.29, 0.717) is 11.4 Å². The highest BCUT2D eigenvalue weighted by Crippen LogP contribution is 2.17. The van der Waals surface area contributed by atoms with Gasteiger partial charge in [0.25, 0.3) is 0 Å². The lowest BCUT2D eigenvalue weighted by Crippen LogP contribution is -2.35. The molecular formula is C21H40BrNO. The number of hydrogen-bond acceptors (Lipinski definition) is 1. The first-order chi connectivity index (χ1) is 11.8. The highest BCUT2D eigenvalue weighted by Gasteiger charge is 2.11. The van der Waals surface area contributed by atoms with Crippen LogP contribution in [0.3, 0.4) is 0 Å². The van der Waals surface area contributed by atoms with Crippen LogP contribution in [0, 0.1) is 0 Å². The lowest BCUT2D eigenvalue weighted by molar-refractivity contribution is -0.119. The van der Waals surface area contributed by atoms with Crippen molar-refractivity contribution in [3.05, 3.63) is 0 Å². The van der Waals surface area contributed by atoms with Crippen LogP contribution in [0.4, 0.5) is 0 Å². The van der Waals surface area contributed by atoms with Gasteiger partial charge in [-0.3, -0.25) is 4.79 Å². The first kappa shape index (κ1) is 22.0. The Morgan fingerprint density at radius 3 is 1.21 bits per heavy atom. The van der Waals surface area contributed by atoms with Gasteiger partial charge in [0.15, 0.2) is 0 Å². The van der Waals surface area contributed by atoms with Crippen molar-refractivity contribution in [2.45, 2.75) is 122 Å². The molecule has 0 atom stereocenters. The Bertz CT molecular complexity index is 276. The summed E-state index contributed by atoms with van der Waals surface area (Å²) in [7, 11) is 0. The minimum Gasteiger partial charge on any atom is -0.353 e. The SMILES string of the molecule is O=C(CBr)NC1CCCCCCCCCCCCCCCCCC1. The number of carbonyl (C=O) groups excluding carboxylic acids is 1. The molecule has 0 unspecified atom stereocenters. The molecule has 0 bridgehead atoms. The minimum absolute atomic E-state index is 0.151. The highest BCUT2D eigenvalue weighted by atomic mass is 79.9. The molecule has 0 aromatic rings. The summed E-state index contributed by atoms with van der Waals surface area (Å²) in [5.41, 5.74) is 0. The fourth-order valence-corrected chi connectivity index (χ4v) is 3.97. The van der Waals surface area contributed by atoms with Crippen LogP contribution in [0.25, 0.3) is 0 Å². The predicted molar refractivity (Wildman–Crippen MR) is 109 cm³/mol. The van der Waals surface area contributed by atoms with E-state index in [1.165, 1.54) is 116 Å². The van der Waals surface area contributed by atoms with Crippen molar-refractivity contribution in [1.82, 2.24) is 5.32 Å². The molecular weight excluding hydrogens is 362 g/mol. The van der Waals surface area contributed by atoms with E-state index in [1.807, 2.05) is 0 Å². The van der Waals surface area contributed by atoms with Gasteiger partial charge in [-0.1, -0.05) is 119 Å². The maximum Gasteiger partial charge on any atom is 0.230 e. The van der Waals surface area contributed by atoms with Crippen LogP contribution >= 0.6 is 15.9 Å². The van der Waals surface area contributed by atoms with Crippen LogP contribution in [0.5, 0.6) is 0 Å². The average molecular weight is 402 g/mol. The Kier molecular flexibility index (Phi) is 15.0. The number of amides is 1. The van der Waals surface area contributed by atoms with Gasteiger partial charge in [0.05, 0.1) is 5.33 Å². The summed E-state index contributed by atoms with van der Waals surface area (Å²) < 4.78 is 0. The molecule has 24 heavy (non-hydrogen) atoms.